The lowest BCUT2D eigenvalue weighted by atomic mass is 10.1. The molecule has 0 bridgehead atoms. The average molecular weight is 417 g/mol. The van der Waals surface area contributed by atoms with Gasteiger partial charge in [0.25, 0.3) is 0 Å². The van der Waals surface area contributed by atoms with Gasteiger partial charge in [-0.15, -0.1) is 11.3 Å². The normalized spacial score (nSPS) is 12.8. The van der Waals surface area contributed by atoms with Gasteiger partial charge in [-0.3, -0.25) is 4.79 Å². The summed E-state index contributed by atoms with van der Waals surface area (Å²) in [6.07, 6.45) is 4.95. The number of thiophene rings is 1. The molecule has 0 unspecified atom stereocenters. The maximum absolute atomic E-state index is 12.8. The number of Topliss-reactive ketones (excluding diaryl/α,β-unsaturated/α-hetero) is 1. The molecule has 0 radical (unpaired) electrons. The Hall–Kier alpha value is -2.32. The number of ether oxygens (including phenoxy) is 3. The zero-order chi connectivity index (χ0) is 19.7. The standard InChI is InChI=1S/C20H20N2O4S2/c1-24-14-7-11(8-15(25-2)18(14)26-3)13(23)9-27-19-17-12-5-4-6-16(12)28-20(17)22-10-21-19/h7-8,10H,4-6,9H2,1-3H3. The van der Waals surface area contributed by atoms with Crippen molar-refractivity contribution < 1.29 is 19.0 Å². The molecule has 0 atom stereocenters. The third-order valence-electron chi connectivity index (χ3n) is 4.79. The van der Waals surface area contributed by atoms with Gasteiger partial charge in [-0.25, -0.2) is 9.97 Å². The SMILES string of the molecule is COc1cc(C(=O)CSc2ncnc3sc4c(c23)CCC4)cc(OC)c1OC. The van der Waals surface area contributed by atoms with Gasteiger partial charge in [0, 0.05) is 15.8 Å². The van der Waals surface area contributed by atoms with E-state index in [2.05, 4.69) is 9.97 Å². The Bertz CT molecular complexity index is 1020. The highest BCUT2D eigenvalue weighted by Crippen LogP contribution is 2.41. The molecule has 0 spiro atoms. The molecule has 146 valence electrons. The highest BCUT2D eigenvalue weighted by Gasteiger charge is 2.22. The summed E-state index contributed by atoms with van der Waals surface area (Å²) in [6.45, 7) is 0. The first-order chi connectivity index (χ1) is 13.7. The summed E-state index contributed by atoms with van der Waals surface area (Å²) in [5, 5.41) is 2.01. The van der Waals surface area contributed by atoms with Crippen LogP contribution in [0.1, 0.15) is 27.2 Å². The molecular weight excluding hydrogens is 396 g/mol. The fraction of sp³-hybridized carbons (Fsp3) is 0.350. The summed E-state index contributed by atoms with van der Waals surface area (Å²) in [5.74, 6) is 1.66. The van der Waals surface area contributed by atoms with Crippen molar-refractivity contribution in [1.29, 1.82) is 0 Å². The van der Waals surface area contributed by atoms with E-state index < -0.39 is 0 Å². The Labute approximate surface area is 171 Å². The minimum atomic E-state index is -0.0251. The van der Waals surface area contributed by atoms with Gasteiger partial charge in [-0.1, -0.05) is 11.8 Å². The molecule has 6 nitrogen and oxygen atoms in total. The van der Waals surface area contributed by atoms with Gasteiger partial charge in [0.1, 0.15) is 16.2 Å². The van der Waals surface area contributed by atoms with Crippen molar-refractivity contribution in [2.75, 3.05) is 27.1 Å². The predicted molar refractivity (Wildman–Crippen MR) is 111 cm³/mol. The molecule has 0 saturated carbocycles. The number of nitrogens with zero attached hydrogens (tertiary/aromatic N) is 2. The molecule has 0 aliphatic heterocycles. The number of fused-ring (bicyclic) bond motifs is 3. The van der Waals surface area contributed by atoms with Crippen LogP contribution in [-0.2, 0) is 12.8 Å². The monoisotopic (exact) mass is 416 g/mol. The fourth-order valence-electron chi connectivity index (χ4n) is 3.47. The van der Waals surface area contributed by atoms with E-state index in [1.165, 1.54) is 50.0 Å². The second kappa shape index (κ2) is 7.97. The summed E-state index contributed by atoms with van der Waals surface area (Å²) in [6, 6.07) is 3.37. The smallest absolute Gasteiger partial charge is 0.203 e. The number of rotatable bonds is 7. The number of carbonyl (C=O) groups is 1. The topological polar surface area (TPSA) is 70.5 Å². The zero-order valence-electron chi connectivity index (χ0n) is 15.9. The molecule has 4 rings (SSSR count). The highest BCUT2D eigenvalue weighted by molar-refractivity contribution is 8.00. The number of methoxy groups -OCH3 is 3. The van der Waals surface area contributed by atoms with Gasteiger partial charge >= 0.3 is 0 Å². The second-order valence-corrected chi connectivity index (χ2v) is 8.39. The van der Waals surface area contributed by atoms with E-state index in [1.807, 2.05) is 0 Å². The van der Waals surface area contributed by atoms with Crippen LogP contribution in [0.4, 0.5) is 0 Å². The molecule has 0 N–H and O–H groups in total. The molecular formula is C20H20N2O4S2. The number of thioether (sulfide) groups is 1. The molecule has 8 heteroatoms. The molecule has 2 heterocycles. The van der Waals surface area contributed by atoms with Crippen LogP contribution < -0.4 is 14.2 Å². The first-order valence-corrected chi connectivity index (χ1v) is 10.7. The lowest BCUT2D eigenvalue weighted by Crippen LogP contribution is -2.05. The van der Waals surface area contributed by atoms with Gasteiger partial charge in [-0.2, -0.15) is 0 Å². The van der Waals surface area contributed by atoms with E-state index in [9.17, 15) is 4.79 Å². The van der Waals surface area contributed by atoms with Crippen LogP contribution in [0.25, 0.3) is 10.2 Å². The number of carbonyl (C=O) groups excluding carboxylic acids is 1. The van der Waals surface area contributed by atoms with Crippen LogP contribution in [0.5, 0.6) is 17.2 Å². The number of aromatic nitrogens is 2. The molecule has 0 saturated heterocycles. The van der Waals surface area contributed by atoms with Gasteiger partial charge in [0.15, 0.2) is 17.3 Å². The van der Waals surface area contributed by atoms with Crippen molar-refractivity contribution in [1.82, 2.24) is 9.97 Å². The number of benzene rings is 1. The van der Waals surface area contributed by atoms with E-state index in [0.717, 1.165) is 28.1 Å². The van der Waals surface area contributed by atoms with Crippen LogP contribution in [0, 0.1) is 0 Å². The van der Waals surface area contributed by atoms with Crippen molar-refractivity contribution in [3.05, 3.63) is 34.5 Å². The Kier molecular flexibility index (Phi) is 5.41. The third kappa shape index (κ3) is 3.31. The Balaban J connectivity index is 1.60. The van der Waals surface area contributed by atoms with E-state index in [0.29, 0.717) is 22.8 Å². The van der Waals surface area contributed by atoms with Crippen LogP contribution >= 0.6 is 23.1 Å². The van der Waals surface area contributed by atoms with E-state index in [1.54, 1.807) is 29.8 Å². The number of hydrogen-bond donors (Lipinski definition) is 0. The summed E-state index contributed by atoms with van der Waals surface area (Å²) < 4.78 is 16.0. The van der Waals surface area contributed by atoms with Crippen molar-refractivity contribution in [2.24, 2.45) is 0 Å². The Morgan fingerprint density at radius 1 is 1.11 bits per heavy atom. The summed E-state index contributed by atoms with van der Waals surface area (Å²) >= 11 is 3.20. The lowest BCUT2D eigenvalue weighted by Gasteiger charge is -2.13. The number of hydrogen-bond acceptors (Lipinski definition) is 8. The largest absolute Gasteiger partial charge is 0.493 e. The first kappa shape index (κ1) is 19.0. The van der Waals surface area contributed by atoms with E-state index >= 15 is 0 Å². The van der Waals surface area contributed by atoms with Crippen LogP contribution in [-0.4, -0.2) is 42.8 Å². The Morgan fingerprint density at radius 3 is 2.54 bits per heavy atom. The molecule has 1 aliphatic rings. The Morgan fingerprint density at radius 2 is 1.86 bits per heavy atom. The van der Waals surface area contributed by atoms with Crippen LogP contribution in [0.2, 0.25) is 0 Å². The van der Waals surface area contributed by atoms with Crippen LogP contribution in [0.3, 0.4) is 0 Å². The molecule has 28 heavy (non-hydrogen) atoms. The van der Waals surface area contributed by atoms with Gasteiger partial charge in [0.2, 0.25) is 5.75 Å². The molecule has 3 aromatic rings. The highest BCUT2D eigenvalue weighted by atomic mass is 32.2. The van der Waals surface area contributed by atoms with Gasteiger partial charge in [-0.05, 0) is 37.0 Å². The molecule has 2 aromatic heterocycles. The maximum Gasteiger partial charge on any atom is 0.203 e. The van der Waals surface area contributed by atoms with Crippen molar-refractivity contribution in [3.8, 4) is 17.2 Å². The van der Waals surface area contributed by atoms with Crippen molar-refractivity contribution in [2.45, 2.75) is 24.3 Å². The van der Waals surface area contributed by atoms with E-state index in [4.69, 9.17) is 14.2 Å². The van der Waals surface area contributed by atoms with Crippen LogP contribution in [0.15, 0.2) is 23.5 Å². The summed E-state index contributed by atoms with van der Waals surface area (Å²) in [7, 11) is 4.61. The molecule has 0 amide bonds. The quantitative estimate of drug-likeness (QED) is 0.325. The molecule has 1 aromatic carbocycles. The number of ketones is 1. The number of aryl methyl sites for hydroxylation is 2. The molecule has 1 aliphatic carbocycles. The van der Waals surface area contributed by atoms with Crippen molar-refractivity contribution >= 4 is 39.1 Å². The summed E-state index contributed by atoms with van der Waals surface area (Å²) in [5.41, 5.74) is 1.88. The average Bonchev–Trinajstić information content (AvgIpc) is 3.31. The molecule has 0 fully saturated rings. The minimum absolute atomic E-state index is 0.0251. The minimum Gasteiger partial charge on any atom is -0.493 e. The van der Waals surface area contributed by atoms with Gasteiger partial charge in [0.05, 0.1) is 27.1 Å². The zero-order valence-corrected chi connectivity index (χ0v) is 17.5. The summed E-state index contributed by atoms with van der Waals surface area (Å²) in [4.78, 5) is 24.1. The predicted octanol–water partition coefficient (Wildman–Crippen LogP) is 4.18. The first-order valence-electron chi connectivity index (χ1n) is 8.87. The second-order valence-electron chi connectivity index (χ2n) is 6.34. The maximum atomic E-state index is 12.8. The lowest BCUT2D eigenvalue weighted by molar-refractivity contribution is 0.102. The fourth-order valence-corrected chi connectivity index (χ4v) is 5.68. The van der Waals surface area contributed by atoms with Crippen molar-refractivity contribution in [3.63, 3.8) is 0 Å². The third-order valence-corrected chi connectivity index (χ3v) is 6.98. The van der Waals surface area contributed by atoms with E-state index in [-0.39, 0.29) is 11.5 Å². The van der Waals surface area contributed by atoms with Gasteiger partial charge < -0.3 is 14.2 Å².